The second-order valence-electron chi connectivity index (χ2n) is 5.93. The SMILES string of the molecule is CCOc1ccccc1CCC(=O)Nc1ccc2c(c1)CCC2. The number of nitrogens with one attached hydrogen (secondary N) is 1. The largest absolute Gasteiger partial charge is 0.494 e. The summed E-state index contributed by atoms with van der Waals surface area (Å²) in [6, 6.07) is 14.2. The molecule has 2 aromatic carbocycles. The third-order valence-corrected chi connectivity index (χ3v) is 4.28. The molecule has 0 spiro atoms. The van der Waals surface area contributed by atoms with Crippen LogP contribution < -0.4 is 10.1 Å². The van der Waals surface area contributed by atoms with E-state index in [0.29, 0.717) is 19.4 Å². The van der Waals surface area contributed by atoms with Crippen molar-refractivity contribution >= 4 is 11.6 Å². The first-order valence-corrected chi connectivity index (χ1v) is 8.38. The molecule has 3 rings (SSSR count). The van der Waals surface area contributed by atoms with E-state index < -0.39 is 0 Å². The summed E-state index contributed by atoms with van der Waals surface area (Å²) < 4.78 is 5.61. The minimum atomic E-state index is 0.0502. The van der Waals surface area contributed by atoms with Crippen molar-refractivity contribution in [2.45, 2.75) is 39.0 Å². The lowest BCUT2D eigenvalue weighted by atomic mass is 10.1. The molecule has 23 heavy (non-hydrogen) atoms. The van der Waals surface area contributed by atoms with Gasteiger partial charge in [0.05, 0.1) is 6.61 Å². The van der Waals surface area contributed by atoms with Crippen LogP contribution in [0.4, 0.5) is 5.69 Å². The highest BCUT2D eigenvalue weighted by atomic mass is 16.5. The Labute approximate surface area is 137 Å². The molecule has 120 valence electrons. The molecular formula is C20H23NO2. The van der Waals surface area contributed by atoms with Gasteiger partial charge >= 0.3 is 0 Å². The molecule has 2 aromatic rings. The number of para-hydroxylation sites is 1. The summed E-state index contributed by atoms with van der Waals surface area (Å²) >= 11 is 0. The number of carbonyl (C=O) groups is 1. The van der Waals surface area contributed by atoms with Crippen molar-refractivity contribution in [2.75, 3.05) is 11.9 Å². The number of ether oxygens (including phenoxy) is 1. The van der Waals surface area contributed by atoms with Gasteiger partial charge in [0.1, 0.15) is 5.75 Å². The Morgan fingerprint density at radius 1 is 1.13 bits per heavy atom. The van der Waals surface area contributed by atoms with Crippen LogP contribution in [0.25, 0.3) is 0 Å². The summed E-state index contributed by atoms with van der Waals surface area (Å²) in [5.41, 5.74) is 4.80. The smallest absolute Gasteiger partial charge is 0.224 e. The number of anilines is 1. The molecule has 1 aliphatic rings. The lowest BCUT2D eigenvalue weighted by molar-refractivity contribution is -0.116. The van der Waals surface area contributed by atoms with Gasteiger partial charge in [0.15, 0.2) is 0 Å². The first-order valence-electron chi connectivity index (χ1n) is 8.38. The van der Waals surface area contributed by atoms with E-state index in [2.05, 4.69) is 17.4 Å². The average molecular weight is 309 g/mol. The Morgan fingerprint density at radius 3 is 2.83 bits per heavy atom. The summed E-state index contributed by atoms with van der Waals surface area (Å²) in [7, 11) is 0. The van der Waals surface area contributed by atoms with E-state index in [1.807, 2.05) is 37.3 Å². The van der Waals surface area contributed by atoms with Crippen molar-refractivity contribution in [3.05, 3.63) is 59.2 Å². The van der Waals surface area contributed by atoms with E-state index in [-0.39, 0.29) is 5.91 Å². The predicted octanol–water partition coefficient (Wildman–Crippen LogP) is 4.15. The molecule has 0 atom stereocenters. The summed E-state index contributed by atoms with van der Waals surface area (Å²) in [5.74, 6) is 0.926. The van der Waals surface area contributed by atoms with E-state index >= 15 is 0 Å². The van der Waals surface area contributed by atoms with Gasteiger partial charge in [-0.1, -0.05) is 24.3 Å². The van der Waals surface area contributed by atoms with E-state index in [1.54, 1.807) is 0 Å². The fourth-order valence-corrected chi connectivity index (χ4v) is 3.13. The van der Waals surface area contributed by atoms with Crippen LogP contribution >= 0.6 is 0 Å². The predicted molar refractivity (Wildman–Crippen MR) is 93.0 cm³/mol. The number of hydrogen-bond donors (Lipinski definition) is 1. The van der Waals surface area contributed by atoms with Crippen LogP contribution in [0.2, 0.25) is 0 Å². The molecule has 0 radical (unpaired) electrons. The highest BCUT2D eigenvalue weighted by molar-refractivity contribution is 5.91. The molecule has 3 heteroatoms. The molecule has 3 nitrogen and oxygen atoms in total. The molecule has 1 aliphatic carbocycles. The Kier molecular flexibility index (Phi) is 4.96. The Hall–Kier alpha value is -2.29. The van der Waals surface area contributed by atoms with Gasteiger partial charge in [0, 0.05) is 12.1 Å². The van der Waals surface area contributed by atoms with Crippen LogP contribution in [0.15, 0.2) is 42.5 Å². The number of rotatable bonds is 6. The maximum absolute atomic E-state index is 12.2. The standard InChI is InChI=1S/C20H23NO2/c1-2-23-19-9-4-3-6-16(19)11-13-20(22)21-18-12-10-15-7-5-8-17(15)14-18/h3-4,6,9-10,12,14H,2,5,7-8,11,13H2,1H3,(H,21,22). The van der Waals surface area contributed by atoms with Crippen LogP contribution in [0.3, 0.4) is 0 Å². The van der Waals surface area contributed by atoms with Crippen molar-refractivity contribution in [3.63, 3.8) is 0 Å². The van der Waals surface area contributed by atoms with E-state index in [4.69, 9.17) is 4.74 Å². The quantitative estimate of drug-likeness (QED) is 0.870. The van der Waals surface area contributed by atoms with Crippen molar-refractivity contribution in [3.8, 4) is 5.75 Å². The van der Waals surface area contributed by atoms with Gasteiger partial charge in [-0.2, -0.15) is 0 Å². The first kappa shape index (κ1) is 15.6. The van der Waals surface area contributed by atoms with Gasteiger partial charge in [0.25, 0.3) is 0 Å². The summed E-state index contributed by atoms with van der Waals surface area (Å²) in [6.45, 7) is 2.61. The average Bonchev–Trinajstić information content (AvgIpc) is 3.02. The number of benzene rings is 2. The number of hydrogen-bond acceptors (Lipinski definition) is 2. The third-order valence-electron chi connectivity index (χ3n) is 4.28. The van der Waals surface area contributed by atoms with Crippen molar-refractivity contribution in [1.82, 2.24) is 0 Å². The highest BCUT2D eigenvalue weighted by Crippen LogP contribution is 2.25. The molecule has 0 fully saturated rings. The Bertz CT molecular complexity index is 694. The van der Waals surface area contributed by atoms with Crippen LogP contribution in [-0.4, -0.2) is 12.5 Å². The molecule has 0 unspecified atom stereocenters. The number of amides is 1. The second kappa shape index (κ2) is 7.32. The zero-order valence-electron chi connectivity index (χ0n) is 13.6. The number of aryl methyl sites for hydroxylation is 3. The minimum absolute atomic E-state index is 0.0502. The van der Waals surface area contributed by atoms with E-state index in [0.717, 1.165) is 29.8 Å². The number of carbonyl (C=O) groups excluding carboxylic acids is 1. The maximum Gasteiger partial charge on any atom is 0.224 e. The molecule has 0 bridgehead atoms. The van der Waals surface area contributed by atoms with Crippen molar-refractivity contribution in [1.29, 1.82) is 0 Å². The molecule has 1 N–H and O–H groups in total. The molecule has 0 saturated heterocycles. The molecule has 0 aliphatic heterocycles. The van der Waals surface area contributed by atoms with Crippen molar-refractivity contribution < 1.29 is 9.53 Å². The molecule has 0 saturated carbocycles. The minimum Gasteiger partial charge on any atom is -0.494 e. The Morgan fingerprint density at radius 2 is 1.96 bits per heavy atom. The lowest BCUT2D eigenvalue weighted by Gasteiger charge is -2.10. The van der Waals surface area contributed by atoms with Crippen LogP contribution in [-0.2, 0) is 24.1 Å². The fourth-order valence-electron chi connectivity index (χ4n) is 3.13. The molecule has 0 heterocycles. The van der Waals surface area contributed by atoms with Crippen LogP contribution in [0.5, 0.6) is 5.75 Å². The van der Waals surface area contributed by atoms with Gasteiger partial charge in [-0.25, -0.2) is 0 Å². The fraction of sp³-hybridized carbons (Fsp3) is 0.350. The summed E-state index contributed by atoms with van der Waals surface area (Å²) in [4.78, 5) is 12.2. The lowest BCUT2D eigenvalue weighted by Crippen LogP contribution is -2.13. The molecular weight excluding hydrogens is 286 g/mol. The zero-order valence-corrected chi connectivity index (χ0v) is 13.6. The van der Waals surface area contributed by atoms with Gasteiger partial charge in [-0.15, -0.1) is 0 Å². The maximum atomic E-state index is 12.2. The van der Waals surface area contributed by atoms with E-state index in [1.165, 1.54) is 17.5 Å². The Balaban J connectivity index is 1.58. The highest BCUT2D eigenvalue weighted by Gasteiger charge is 2.12. The van der Waals surface area contributed by atoms with Gasteiger partial charge in [-0.05, 0) is 67.5 Å². The third kappa shape index (κ3) is 3.92. The van der Waals surface area contributed by atoms with Gasteiger partial charge in [-0.3, -0.25) is 4.79 Å². The monoisotopic (exact) mass is 309 g/mol. The molecule has 1 amide bonds. The van der Waals surface area contributed by atoms with E-state index in [9.17, 15) is 4.79 Å². The van der Waals surface area contributed by atoms with Gasteiger partial charge in [0.2, 0.25) is 5.91 Å². The summed E-state index contributed by atoms with van der Waals surface area (Å²) in [6.07, 6.45) is 4.66. The van der Waals surface area contributed by atoms with Crippen molar-refractivity contribution in [2.24, 2.45) is 0 Å². The summed E-state index contributed by atoms with van der Waals surface area (Å²) in [5, 5.41) is 3.01. The van der Waals surface area contributed by atoms with Crippen LogP contribution in [0, 0.1) is 0 Å². The first-order chi connectivity index (χ1) is 11.3. The number of fused-ring (bicyclic) bond motifs is 1. The zero-order chi connectivity index (χ0) is 16.1. The topological polar surface area (TPSA) is 38.3 Å². The van der Waals surface area contributed by atoms with Crippen LogP contribution in [0.1, 0.15) is 36.5 Å². The normalized spacial score (nSPS) is 12.7. The second-order valence-corrected chi connectivity index (χ2v) is 5.93. The van der Waals surface area contributed by atoms with Gasteiger partial charge < -0.3 is 10.1 Å². The molecule has 0 aromatic heterocycles.